The second-order valence-electron chi connectivity index (χ2n) is 3.42. The van der Waals surface area contributed by atoms with Crippen molar-refractivity contribution in [1.29, 1.82) is 0 Å². The minimum Gasteiger partial charge on any atom is -0.393 e. The molecule has 3 nitrogen and oxygen atoms in total. The molecule has 1 aliphatic rings. The number of hydrogen-bond donors (Lipinski definition) is 2. The van der Waals surface area contributed by atoms with Gasteiger partial charge in [0.2, 0.25) is 0 Å². The van der Waals surface area contributed by atoms with Gasteiger partial charge in [0, 0.05) is 6.54 Å². The van der Waals surface area contributed by atoms with Crippen molar-refractivity contribution >= 4 is 5.91 Å². The van der Waals surface area contributed by atoms with Crippen molar-refractivity contribution in [3.05, 3.63) is 0 Å². The van der Waals surface area contributed by atoms with Gasteiger partial charge < -0.3 is 10.4 Å². The summed E-state index contributed by atoms with van der Waals surface area (Å²) in [5, 5.41) is 11.9. The Morgan fingerprint density at radius 1 is 1.62 bits per heavy atom. The molecule has 72 valence electrons. The van der Waals surface area contributed by atoms with E-state index in [0.717, 1.165) is 19.3 Å². The Bertz CT molecular complexity index is 239. The molecule has 0 aromatic heterocycles. The normalized spacial score (nSPS) is 26.3. The van der Waals surface area contributed by atoms with E-state index < -0.39 is 0 Å². The van der Waals surface area contributed by atoms with Crippen LogP contribution in [-0.4, -0.2) is 23.7 Å². The molecule has 1 saturated carbocycles. The fourth-order valence-corrected chi connectivity index (χ4v) is 1.63. The molecule has 0 aromatic rings. The maximum atomic E-state index is 10.9. The van der Waals surface area contributed by atoms with Crippen molar-refractivity contribution in [3.63, 3.8) is 0 Å². The SMILES string of the molecule is CC#CC(=O)NCC1CCC(O)C1. The molecule has 0 heterocycles. The van der Waals surface area contributed by atoms with E-state index in [1.807, 2.05) is 0 Å². The first-order chi connectivity index (χ1) is 6.22. The number of carbonyl (C=O) groups excluding carboxylic acids is 1. The van der Waals surface area contributed by atoms with E-state index in [-0.39, 0.29) is 12.0 Å². The molecule has 2 N–H and O–H groups in total. The molecule has 13 heavy (non-hydrogen) atoms. The van der Waals surface area contributed by atoms with Gasteiger partial charge in [-0.2, -0.15) is 0 Å². The highest BCUT2D eigenvalue weighted by Gasteiger charge is 2.22. The minimum absolute atomic E-state index is 0.167. The van der Waals surface area contributed by atoms with Gasteiger partial charge in [-0.15, -0.1) is 0 Å². The van der Waals surface area contributed by atoms with Gasteiger partial charge in [0.15, 0.2) is 0 Å². The second kappa shape index (κ2) is 4.88. The summed E-state index contributed by atoms with van der Waals surface area (Å²) in [4.78, 5) is 10.9. The van der Waals surface area contributed by atoms with E-state index >= 15 is 0 Å². The number of amides is 1. The summed E-state index contributed by atoms with van der Waals surface area (Å²) >= 11 is 0. The maximum Gasteiger partial charge on any atom is 0.295 e. The van der Waals surface area contributed by atoms with Gasteiger partial charge >= 0.3 is 0 Å². The number of rotatable bonds is 2. The molecule has 1 rings (SSSR count). The number of carbonyl (C=O) groups is 1. The number of aliphatic hydroxyl groups excluding tert-OH is 1. The number of hydrogen-bond acceptors (Lipinski definition) is 2. The highest BCUT2D eigenvalue weighted by atomic mass is 16.3. The van der Waals surface area contributed by atoms with Crippen molar-refractivity contribution < 1.29 is 9.90 Å². The molecule has 2 unspecified atom stereocenters. The molecule has 2 atom stereocenters. The molecule has 0 bridgehead atoms. The monoisotopic (exact) mass is 181 g/mol. The highest BCUT2D eigenvalue weighted by molar-refractivity contribution is 5.93. The average molecular weight is 181 g/mol. The van der Waals surface area contributed by atoms with E-state index in [1.165, 1.54) is 0 Å². The van der Waals surface area contributed by atoms with E-state index in [0.29, 0.717) is 12.5 Å². The predicted molar refractivity (Wildman–Crippen MR) is 49.8 cm³/mol. The van der Waals surface area contributed by atoms with Crippen LogP contribution in [0.25, 0.3) is 0 Å². The molecule has 1 fully saturated rings. The molecule has 0 radical (unpaired) electrons. The average Bonchev–Trinajstić information content (AvgIpc) is 2.49. The van der Waals surface area contributed by atoms with Crippen molar-refractivity contribution in [1.82, 2.24) is 5.32 Å². The van der Waals surface area contributed by atoms with Crippen LogP contribution in [0.1, 0.15) is 26.2 Å². The Hall–Kier alpha value is -1.01. The Kier molecular flexibility index (Phi) is 3.78. The molecule has 1 aliphatic carbocycles. The Balaban J connectivity index is 2.18. The molecule has 0 saturated heterocycles. The highest BCUT2D eigenvalue weighted by Crippen LogP contribution is 2.24. The maximum absolute atomic E-state index is 10.9. The van der Waals surface area contributed by atoms with Gasteiger partial charge in [0.1, 0.15) is 0 Å². The van der Waals surface area contributed by atoms with Gasteiger partial charge in [-0.25, -0.2) is 0 Å². The first kappa shape index (κ1) is 10.1. The largest absolute Gasteiger partial charge is 0.393 e. The molecular formula is C10H15NO2. The summed E-state index contributed by atoms with van der Waals surface area (Å²) in [6, 6.07) is 0. The summed E-state index contributed by atoms with van der Waals surface area (Å²) in [6.07, 6.45) is 2.50. The van der Waals surface area contributed by atoms with Crippen LogP contribution in [0.4, 0.5) is 0 Å². The van der Waals surface area contributed by atoms with Crippen molar-refractivity contribution in [2.75, 3.05) is 6.54 Å². The van der Waals surface area contributed by atoms with Crippen LogP contribution >= 0.6 is 0 Å². The third kappa shape index (κ3) is 3.47. The number of aliphatic hydroxyl groups is 1. The summed E-state index contributed by atoms with van der Waals surface area (Å²) in [5.74, 6) is 5.17. The fraction of sp³-hybridized carbons (Fsp3) is 0.700. The third-order valence-electron chi connectivity index (χ3n) is 2.30. The summed E-state index contributed by atoms with van der Waals surface area (Å²) < 4.78 is 0. The van der Waals surface area contributed by atoms with Gasteiger partial charge in [0.25, 0.3) is 5.91 Å². The van der Waals surface area contributed by atoms with Crippen LogP contribution in [0.3, 0.4) is 0 Å². The second-order valence-corrected chi connectivity index (χ2v) is 3.42. The van der Waals surface area contributed by atoms with E-state index in [1.54, 1.807) is 6.92 Å². The van der Waals surface area contributed by atoms with Crippen LogP contribution < -0.4 is 5.32 Å². The summed E-state index contributed by atoms with van der Waals surface area (Å²) in [5.41, 5.74) is 0. The first-order valence-corrected chi connectivity index (χ1v) is 4.61. The molecule has 0 aromatic carbocycles. The van der Waals surface area contributed by atoms with Crippen molar-refractivity contribution in [3.8, 4) is 11.8 Å². The first-order valence-electron chi connectivity index (χ1n) is 4.61. The zero-order chi connectivity index (χ0) is 9.68. The third-order valence-corrected chi connectivity index (χ3v) is 2.30. The molecule has 1 amide bonds. The minimum atomic E-state index is -0.219. The quantitative estimate of drug-likeness (QED) is 0.601. The Labute approximate surface area is 78.5 Å². The molecular weight excluding hydrogens is 166 g/mol. The van der Waals surface area contributed by atoms with Gasteiger partial charge in [-0.3, -0.25) is 4.79 Å². The zero-order valence-corrected chi connectivity index (χ0v) is 7.84. The predicted octanol–water partition coefficient (Wildman–Crippen LogP) is 0.287. The van der Waals surface area contributed by atoms with Crippen LogP contribution in [0, 0.1) is 17.8 Å². The lowest BCUT2D eigenvalue weighted by atomic mass is 10.1. The Morgan fingerprint density at radius 3 is 2.92 bits per heavy atom. The van der Waals surface area contributed by atoms with Gasteiger partial charge in [0.05, 0.1) is 6.10 Å². The molecule has 0 aliphatic heterocycles. The number of nitrogens with one attached hydrogen (secondary N) is 1. The van der Waals surface area contributed by atoms with Crippen molar-refractivity contribution in [2.24, 2.45) is 5.92 Å². The molecule has 3 heteroatoms. The fourth-order valence-electron chi connectivity index (χ4n) is 1.63. The van der Waals surface area contributed by atoms with E-state index in [9.17, 15) is 9.90 Å². The summed E-state index contributed by atoms with van der Waals surface area (Å²) in [6.45, 7) is 2.28. The van der Waals surface area contributed by atoms with Crippen LogP contribution in [0.5, 0.6) is 0 Å². The van der Waals surface area contributed by atoms with Crippen LogP contribution in [0.2, 0.25) is 0 Å². The van der Waals surface area contributed by atoms with Crippen LogP contribution in [0.15, 0.2) is 0 Å². The lowest BCUT2D eigenvalue weighted by Gasteiger charge is -2.08. The lowest BCUT2D eigenvalue weighted by Crippen LogP contribution is -2.27. The smallest absolute Gasteiger partial charge is 0.295 e. The van der Waals surface area contributed by atoms with E-state index in [2.05, 4.69) is 17.2 Å². The zero-order valence-electron chi connectivity index (χ0n) is 7.84. The topological polar surface area (TPSA) is 49.3 Å². The van der Waals surface area contributed by atoms with Gasteiger partial charge in [-0.1, -0.05) is 5.92 Å². The standard InChI is InChI=1S/C10H15NO2/c1-2-3-10(13)11-7-8-4-5-9(12)6-8/h8-9,12H,4-7H2,1H3,(H,11,13). The van der Waals surface area contributed by atoms with Crippen LogP contribution in [-0.2, 0) is 4.79 Å². The molecule has 0 spiro atoms. The summed E-state index contributed by atoms with van der Waals surface area (Å²) in [7, 11) is 0. The van der Waals surface area contributed by atoms with Gasteiger partial charge in [-0.05, 0) is 38.0 Å². The van der Waals surface area contributed by atoms with Crippen molar-refractivity contribution in [2.45, 2.75) is 32.3 Å². The van der Waals surface area contributed by atoms with E-state index in [4.69, 9.17) is 0 Å². The lowest BCUT2D eigenvalue weighted by molar-refractivity contribution is -0.115. The Morgan fingerprint density at radius 2 is 2.38 bits per heavy atom.